The molecule has 2 aromatic heterocycles. The van der Waals surface area contributed by atoms with Gasteiger partial charge >= 0.3 is 0 Å². The molecule has 0 aliphatic carbocycles. The molecule has 0 bridgehead atoms. The third-order valence-corrected chi connectivity index (χ3v) is 5.27. The number of carbonyl (C=O) groups is 2. The van der Waals surface area contributed by atoms with E-state index in [1.807, 2.05) is 0 Å². The van der Waals surface area contributed by atoms with Crippen molar-refractivity contribution < 1.29 is 14.0 Å². The van der Waals surface area contributed by atoms with Gasteiger partial charge in [-0.2, -0.15) is 0 Å². The van der Waals surface area contributed by atoms with Gasteiger partial charge in [0, 0.05) is 23.7 Å². The zero-order valence-electron chi connectivity index (χ0n) is 13.7. The molecule has 2 amide bonds. The predicted molar refractivity (Wildman–Crippen MR) is 102 cm³/mol. The van der Waals surface area contributed by atoms with Gasteiger partial charge in [-0.1, -0.05) is 18.2 Å². The standard InChI is InChI=1S/C18H12BrFN4O2S/c19-13-5-4-11-9-24(17(26)14(11)22-13)15(10-2-1-3-12(20)8-10)16(25)23-18-21-6-7-27-18/h1-8,15H,9H2,(H,21,23,25). The van der Waals surface area contributed by atoms with Crippen molar-refractivity contribution in [3.8, 4) is 0 Å². The Balaban J connectivity index is 1.72. The number of pyridine rings is 1. The van der Waals surface area contributed by atoms with E-state index in [0.717, 1.165) is 0 Å². The summed E-state index contributed by atoms with van der Waals surface area (Å²) in [5.74, 6) is -1.32. The summed E-state index contributed by atoms with van der Waals surface area (Å²) in [5, 5.41) is 4.83. The third kappa shape index (κ3) is 3.47. The second kappa shape index (κ2) is 7.16. The van der Waals surface area contributed by atoms with Gasteiger partial charge in [0.15, 0.2) is 5.13 Å². The average Bonchev–Trinajstić information content (AvgIpc) is 3.25. The van der Waals surface area contributed by atoms with Crippen molar-refractivity contribution in [2.45, 2.75) is 12.6 Å². The number of nitrogens with one attached hydrogen (secondary N) is 1. The number of nitrogens with zero attached hydrogens (tertiary/aromatic N) is 3. The quantitative estimate of drug-likeness (QED) is 0.618. The largest absolute Gasteiger partial charge is 0.317 e. The van der Waals surface area contributed by atoms with Crippen LogP contribution in [-0.2, 0) is 11.3 Å². The van der Waals surface area contributed by atoms with E-state index in [1.54, 1.807) is 29.8 Å². The molecular formula is C18H12BrFN4O2S. The molecule has 3 heterocycles. The Kier molecular flexibility index (Phi) is 4.71. The van der Waals surface area contributed by atoms with E-state index in [1.165, 1.54) is 34.4 Å². The van der Waals surface area contributed by atoms with Crippen LogP contribution >= 0.6 is 27.3 Å². The maximum atomic E-state index is 13.8. The number of hydrogen-bond donors (Lipinski definition) is 1. The Bertz CT molecular complexity index is 1030. The average molecular weight is 447 g/mol. The molecule has 1 unspecified atom stereocenters. The molecule has 27 heavy (non-hydrogen) atoms. The molecule has 0 fully saturated rings. The molecule has 4 rings (SSSR count). The van der Waals surface area contributed by atoms with Gasteiger partial charge in [0.1, 0.15) is 22.2 Å². The minimum Gasteiger partial charge on any atom is -0.317 e. The van der Waals surface area contributed by atoms with E-state index in [2.05, 4.69) is 31.2 Å². The summed E-state index contributed by atoms with van der Waals surface area (Å²) in [6.45, 7) is 0.209. The van der Waals surface area contributed by atoms with Gasteiger partial charge in [-0.15, -0.1) is 11.3 Å². The van der Waals surface area contributed by atoms with Gasteiger partial charge < -0.3 is 4.90 Å². The maximum absolute atomic E-state index is 13.8. The van der Waals surface area contributed by atoms with Gasteiger partial charge in [-0.3, -0.25) is 14.9 Å². The maximum Gasteiger partial charge on any atom is 0.274 e. The van der Waals surface area contributed by atoms with Crippen molar-refractivity contribution >= 4 is 44.2 Å². The summed E-state index contributed by atoms with van der Waals surface area (Å²) >= 11 is 4.52. The van der Waals surface area contributed by atoms with Crippen LogP contribution in [0.2, 0.25) is 0 Å². The third-order valence-electron chi connectivity index (χ3n) is 4.14. The highest BCUT2D eigenvalue weighted by atomic mass is 79.9. The zero-order valence-corrected chi connectivity index (χ0v) is 16.1. The molecular weight excluding hydrogens is 435 g/mol. The van der Waals surface area contributed by atoms with Crippen molar-refractivity contribution in [3.63, 3.8) is 0 Å². The van der Waals surface area contributed by atoms with Crippen LogP contribution in [-0.4, -0.2) is 26.7 Å². The van der Waals surface area contributed by atoms with Crippen LogP contribution in [0, 0.1) is 5.82 Å². The van der Waals surface area contributed by atoms with Gasteiger partial charge in [-0.05, 0) is 39.7 Å². The molecule has 6 nitrogen and oxygen atoms in total. The fourth-order valence-corrected chi connectivity index (χ4v) is 3.83. The lowest BCUT2D eigenvalue weighted by Crippen LogP contribution is -2.37. The highest BCUT2D eigenvalue weighted by Crippen LogP contribution is 2.32. The summed E-state index contributed by atoms with van der Waals surface area (Å²) in [6.07, 6.45) is 1.57. The van der Waals surface area contributed by atoms with Crippen molar-refractivity contribution in [1.29, 1.82) is 0 Å². The van der Waals surface area contributed by atoms with Crippen LogP contribution in [0.3, 0.4) is 0 Å². The van der Waals surface area contributed by atoms with Crippen LogP contribution in [0.1, 0.15) is 27.7 Å². The number of rotatable bonds is 4. The highest BCUT2D eigenvalue weighted by molar-refractivity contribution is 9.10. The molecule has 9 heteroatoms. The van der Waals surface area contributed by atoms with Gasteiger partial charge in [0.05, 0.1) is 0 Å². The Morgan fingerprint density at radius 3 is 2.93 bits per heavy atom. The number of aromatic nitrogens is 2. The van der Waals surface area contributed by atoms with E-state index >= 15 is 0 Å². The molecule has 1 aliphatic heterocycles. The summed E-state index contributed by atoms with van der Waals surface area (Å²) in [6, 6.07) is 8.19. The number of hydrogen-bond acceptors (Lipinski definition) is 5. The topological polar surface area (TPSA) is 75.2 Å². The molecule has 0 saturated carbocycles. The van der Waals surface area contributed by atoms with Gasteiger partial charge in [0.25, 0.3) is 11.8 Å². The van der Waals surface area contributed by atoms with Crippen molar-refractivity contribution in [3.05, 3.63) is 75.2 Å². The van der Waals surface area contributed by atoms with Crippen LogP contribution in [0.4, 0.5) is 9.52 Å². The summed E-state index contributed by atoms with van der Waals surface area (Å²) in [4.78, 5) is 35.5. The molecule has 136 valence electrons. The normalized spacial score (nSPS) is 14.1. The van der Waals surface area contributed by atoms with E-state index in [0.29, 0.717) is 20.9 Å². The van der Waals surface area contributed by atoms with Crippen molar-refractivity contribution in [1.82, 2.24) is 14.9 Å². The lowest BCUT2D eigenvalue weighted by Gasteiger charge is -2.26. The molecule has 1 atom stereocenters. The first-order chi connectivity index (χ1) is 13.0. The number of carbonyl (C=O) groups excluding carboxylic acids is 2. The molecule has 1 aliphatic rings. The lowest BCUT2D eigenvalue weighted by molar-refractivity contribution is -0.120. The first-order valence-corrected chi connectivity index (χ1v) is 9.62. The fourth-order valence-electron chi connectivity index (χ4n) is 2.99. The number of fused-ring (bicyclic) bond motifs is 1. The minimum atomic E-state index is -1.01. The van der Waals surface area contributed by atoms with Crippen molar-refractivity contribution in [2.75, 3.05) is 5.32 Å². The van der Waals surface area contributed by atoms with E-state index in [4.69, 9.17) is 0 Å². The monoisotopic (exact) mass is 446 g/mol. The number of halogens is 2. The van der Waals surface area contributed by atoms with Gasteiger partial charge in [0.2, 0.25) is 0 Å². The SMILES string of the molecule is O=C(Nc1nccs1)C(c1cccc(F)c1)N1Cc2ccc(Br)nc2C1=O. The second-order valence-corrected chi connectivity index (χ2v) is 7.57. The van der Waals surface area contributed by atoms with Crippen LogP contribution in [0.15, 0.2) is 52.6 Å². The smallest absolute Gasteiger partial charge is 0.274 e. The molecule has 0 spiro atoms. The first-order valence-electron chi connectivity index (χ1n) is 7.95. The minimum absolute atomic E-state index is 0.209. The molecule has 0 radical (unpaired) electrons. The van der Waals surface area contributed by atoms with Gasteiger partial charge in [-0.25, -0.2) is 14.4 Å². The van der Waals surface area contributed by atoms with E-state index in [9.17, 15) is 14.0 Å². The Morgan fingerprint density at radius 1 is 1.33 bits per heavy atom. The fraction of sp³-hybridized carbons (Fsp3) is 0.111. The van der Waals surface area contributed by atoms with Crippen molar-refractivity contribution in [2.24, 2.45) is 0 Å². The lowest BCUT2D eigenvalue weighted by atomic mass is 10.0. The number of thiazole rings is 1. The summed E-state index contributed by atoms with van der Waals surface area (Å²) in [5.41, 5.74) is 1.38. The highest BCUT2D eigenvalue weighted by Gasteiger charge is 2.38. The number of benzene rings is 1. The van der Waals surface area contributed by atoms with E-state index in [-0.39, 0.29) is 18.1 Å². The molecule has 1 aromatic carbocycles. The Labute approximate surface area is 166 Å². The predicted octanol–water partition coefficient (Wildman–Crippen LogP) is 3.78. The zero-order chi connectivity index (χ0) is 19.0. The second-order valence-electron chi connectivity index (χ2n) is 5.86. The number of anilines is 1. The van der Waals surface area contributed by atoms with E-state index < -0.39 is 17.8 Å². The first kappa shape index (κ1) is 17.7. The molecule has 3 aromatic rings. The summed E-state index contributed by atoms with van der Waals surface area (Å²) in [7, 11) is 0. The molecule has 1 N–H and O–H groups in total. The van der Waals surface area contributed by atoms with Crippen LogP contribution in [0.25, 0.3) is 0 Å². The Morgan fingerprint density at radius 2 is 2.19 bits per heavy atom. The van der Waals surface area contributed by atoms with Crippen LogP contribution < -0.4 is 5.32 Å². The molecule has 0 saturated heterocycles. The Hall–Kier alpha value is -2.65. The number of amides is 2. The van der Waals surface area contributed by atoms with Crippen LogP contribution in [0.5, 0.6) is 0 Å². The summed E-state index contributed by atoms with van der Waals surface area (Å²) < 4.78 is 14.3.